The molecule has 0 aliphatic carbocycles. The summed E-state index contributed by atoms with van der Waals surface area (Å²) in [5.74, 6) is 0.228. The molecule has 0 spiro atoms. The Labute approximate surface area is 122 Å². The molecule has 0 bridgehead atoms. The first-order valence-electron chi connectivity index (χ1n) is 6.96. The quantitative estimate of drug-likeness (QED) is 0.825. The van der Waals surface area contributed by atoms with Crippen LogP contribution < -0.4 is 5.73 Å². The standard InChI is InChI=1S/C14H19N5O2/c1-4-14(5-2)8(3)10(20)13(21-14)19-7-18-9-11(15)16-6-17-12(9)19/h4,6-8,10,13,20H,1,5H2,2-3H3,(H2,15,16,17)/t8-,10+,13+,14+/m0/s1. The molecule has 1 aliphatic heterocycles. The van der Waals surface area contributed by atoms with E-state index in [0.29, 0.717) is 17.0 Å². The SMILES string of the molecule is C=C[C@]1(CC)O[C@@H](n2cnc3c(N)ncnc32)[C@H](O)[C@@H]1C. The van der Waals surface area contributed by atoms with Crippen molar-refractivity contribution >= 4 is 17.0 Å². The van der Waals surface area contributed by atoms with Crippen molar-refractivity contribution in [1.82, 2.24) is 19.5 Å². The van der Waals surface area contributed by atoms with Crippen molar-refractivity contribution in [2.24, 2.45) is 5.92 Å². The number of anilines is 1. The van der Waals surface area contributed by atoms with Gasteiger partial charge in [0.2, 0.25) is 0 Å². The molecule has 3 N–H and O–H groups in total. The van der Waals surface area contributed by atoms with Crippen LogP contribution in [0, 0.1) is 5.92 Å². The average molecular weight is 289 g/mol. The van der Waals surface area contributed by atoms with E-state index < -0.39 is 17.9 Å². The summed E-state index contributed by atoms with van der Waals surface area (Å²) in [6.45, 7) is 7.83. The van der Waals surface area contributed by atoms with Crippen molar-refractivity contribution < 1.29 is 9.84 Å². The molecular formula is C14H19N5O2. The number of imidazole rings is 1. The molecule has 21 heavy (non-hydrogen) atoms. The summed E-state index contributed by atoms with van der Waals surface area (Å²) < 4.78 is 7.82. The number of hydrogen-bond acceptors (Lipinski definition) is 6. The van der Waals surface area contributed by atoms with Gasteiger partial charge in [-0.1, -0.05) is 19.9 Å². The molecule has 0 amide bonds. The predicted molar refractivity (Wildman–Crippen MR) is 78.2 cm³/mol. The zero-order chi connectivity index (χ0) is 15.2. The van der Waals surface area contributed by atoms with Gasteiger partial charge in [0.15, 0.2) is 17.7 Å². The lowest BCUT2D eigenvalue weighted by Gasteiger charge is -2.27. The lowest BCUT2D eigenvalue weighted by molar-refractivity contribution is -0.0681. The Kier molecular flexibility index (Phi) is 3.18. The van der Waals surface area contributed by atoms with Crippen LogP contribution in [0.15, 0.2) is 25.3 Å². The van der Waals surface area contributed by atoms with Crippen LogP contribution in [-0.4, -0.2) is 36.3 Å². The average Bonchev–Trinajstić information content (AvgIpc) is 3.02. The summed E-state index contributed by atoms with van der Waals surface area (Å²) in [7, 11) is 0. The summed E-state index contributed by atoms with van der Waals surface area (Å²) >= 11 is 0. The monoisotopic (exact) mass is 289 g/mol. The molecule has 0 radical (unpaired) electrons. The van der Waals surface area contributed by atoms with Crippen molar-refractivity contribution in [2.45, 2.75) is 38.2 Å². The number of nitrogens with two attached hydrogens (primary N) is 1. The minimum absolute atomic E-state index is 0.0818. The van der Waals surface area contributed by atoms with Crippen molar-refractivity contribution in [3.05, 3.63) is 25.3 Å². The van der Waals surface area contributed by atoms with E-state index in [2.05, 4.69) is 21.5 Å². The van der Waals surface area contributed by atoms with Crippen LogP contribution >= 0.6 is 0 Å². The number of ether oxygens (including phenoxy) is 1. The first kappa shape index (κ1) is 14.0. The van der Waals surface area contributed by atoms with Gasteiger partial charge in [-0.3, -0.25) is 4.57 Å². The highest BCUT2D eigenvalue weighted by Gasteiger charge is 2.50. The van der Waals surface area contributed by atoms with Crippen LogP contribution in [0.1, 0.15) is 26.5 Å². The second-order valence-corrected chi connectivity index (χ2v) is 5.38. The Balaban J connectivity index is 2.08. The van der Waals surface area contributed by atoms with Crippen LogP contribution in [-0.2, 0) is 4.74 Å². The topological polar surface area (TPSA) is 99.1 Å². The maximum absolute atomic E-state index is 10.6. The van der Waals surface area contributed by atoms with Crippen molar-refractivity contribution in [3.63, 3.8) is 0 Å². The van der Waals surface area contributed by atoms with E-state index in [1.54, 1.807) is 17.0 Å². The highest BCUT2D eigenvalue weighted by Crippen LogP contribution is 2.44. The van der Waals surface area contributed by atoms with Gasteiger partial charge in [0, 0.05) is 5.92 Å². The van der Waals surface area contributed by atoms with E-state index in [1.807, 2.05) is 13.8 Å². The van der Waals surface area contributed by atoms with Crippen LogP contribution in [0.2, 0.25) is 0 Å². The smallest absolute Gasteiger partial charge is 0.167 e. The number of rotatable bonds is 3. The second kappa shape index (κ2) is 4.78. The number of nitrogens with zero attached hydrogens (tertiary/aromatic N) is 4. The molecule has 2 aromatic rings. The Morgan fingerprint density at radius 3 is 2.90 bits per heavy atom. The number of nitrogen functional groups attached to an aromatic ring is 1. The number of aliphatic hydroxyl groups excluding tert-OH is 1. The third kappa shape index (κ3) is 1.85. The lowest BCUT2D eigenvalue weighted by Crippen LogP contribution is -2.33. The summed E-state index contributed by atoms with van der Waals surface area (Å²) in [4.78, 5) is 12.3. The second-order valence-electron chi connectivity index (χ2n) is 5.38. The van der Waals surface area contributed by atoms with Crippen molar-refractivity contribution in [3.8, 4) is 0 Å². The molecule has 1 fully saturated rings. The molecule has 0 unspecified atom stereocenters. The van der Waals surface area contributed by atoms with E-state index in [1.165, 1.54) is 6.33 Å². The van der Waals surface area contributed by atoms with Crippen LogP contribution in [0.5, 0.6) is 0 Å². The molecule has 7 heteroatoms. The van der Waals surface area contributed by atoms with Crippen LogP contribution in [0.3, 0.4) is 0 Å². The molecule has 3 rings (SSSR count). The zero-order valence-corrected chi connectivity index (χ0v) is 12.1. The molecule has 2 aromatic heterocycles. The largest absolute Gasteiger partial charge is 0.388 e. The molecule has 7 nitrogen and oxygen atoms in total. The number of aromatic nitrogens is 4. The van der Waals surface area contributed by atoms with Gasteiger partial charge in [-0.15, -0.1) is 6.58 Å². The number of fused-ring (bicyclic) bond motifs is 1. The van der Waals surface area contributed by atoms with E-state index in [-0.39, 0.29) is 5.92 Å². The fourth-order valence-electron chi connectivity index (χ4n) is 3.00. The van der Waals surface area contributed by atoms with Crippen molar-refractivity contribution in [1.29, 1.82) is 0 Å². The van der Waals surface area contributed by atoms with Gasteiger partial charge in [0.25, 0.3) is 0 Å². The summed E-state index contributed by atoms with van der Waals surface area (Å²) in [6.07, 6.45) is 4.19. The molecule has 3 heterocycles. The Bertz CT molecular complexity index is 685. The Morgan fingerprint density at radius 1 is 1.52 bits per heavy atom. The van der Waals surface area contributed by atoms with Crippen LogP contribution in [0.4, 0.5) is 5.82 Å². The van der Waals surface area contributed by atoms with Gasteiger partial charge in [-0.25, -0.2) is 15.0 Å². The minimum Gasteiger partial charge on any atom is -0.388 e. The number of hydrogen-bond donors (Lipinski definition) is 2. The van der Waals surface area contributed by atoms with Crippen molar-refractivity contribution in [2.75, 3.05) is 5.73 Å². The third-order valence-corrected chi connectivity index (χ3v) is 4.47. The first-order chi connectivity index (χ1) is 10.0. The van der Waals surface area contributed by atoms with Gasteiger partial charge in [0.05, 0.1) is 11.9 Å². The summed E-state index contributed by atoms with van der Waals surface area (Å²) in [5.41, 5.74) is 6.29. The molecule has 112 valence electrons. The normalized spacial score (nSPS) is 32.6. The molecule has 0 aromatic carbocycles. The Hall–Kier alpha value is -1.99. The summed E-state index contributed by atoms with van der Waals surface area (Å²) in [5, 5.41) is 10.6. The summed E-state index contributed by atoms with van der Waals surface area (Å²) in [6, 6.07) is 0. The third-order valence-electron chi connectivity index (χ3n) is 4.47. The van der Waals surface area contributed by atoms with E-state index in [4.69, 9.17) is 10.5 Å². The molecule has 0 saturated carbocycles. The highest BCUT2D eigenvalue weighted by molar-refractivity contribution is 5.81. The van der Waals surface area contributed by atoms with Gasteiger partial charge >= 0.3 is 0 Å². The Morgan fingerprint density at radius 2 is 2.29 bits per heavy atom. The molecule has 1 saturated heterocycles. The van der Waals surface area contributed by atoms with Gasteiger partial charge < -0.3 is 15.6 Å². The maximum Gasteiger partial charge on any atom is 0.167 e. The molecule has 1 aliphatic rings. The molecular weight excluding hydrogens is 270 g/mol. The fraction of sp³-hybridized carbons (Fsp3) is 0.500. The maximum atomic E-state index is 10.6. The minimum atomic E-state index is -0.684. The van der Waals surface area contributed by atoms with Gasteiger partial charge in [0.1, 0.15) is 17.9 Å². The van der Waals surface area contributed by atoms with Gasteiger partial charge in [-0.05, 0) is 6.42 Å². The van der Waals surface area contributed by atoms with Crippen LogP contribution in [0.25, 0.3) is 11.2 Å². The lowest BCUT2D eigenvalue weighted by atomic mass is 9.85. The zero-order valence-electron chi connectivity index (χ0n) is 12.1. The fourth-order valence-corrected chi connectivity index (χ4v) is 3.00. The molecule has 4 atom stereocenters. The van der Waals surface area contributed by atoms with Gasteiger partial charge in [-0.2, -0.15) is 0 Å². The highest BCUT2D eigenvalue weighted by atomic mass is 16.5. The van der Waals surface area contributed by atoms with E-state index in [9.17, 15) is 5.11 Å². The first-order valence-corrected chi connectivity index (χ1v) is 6.96. The predicted octanol–water partition coefficient (Wildman–Crippen LogP) is 1.27. The van der Waals surface area contributed by atoms with E-state index in [0.717, 1.165) is 6.42 Å². The number of aliphatic hydroxyl groups is 1. The van der Waals surface area contributed by atoms with E-state index >= 15 is 0 Å².